The quantitative estimate of drug-likeness (QED) is 0.857. The molecule has 4 nitrogen and oxygen atoms in total. The summed E-state index contributed by atoms with van der Waals surface area (Å²) >= 11 is 0. The molecular weight excluding hydrogens is 226 g/mol. The fraction of sp³-hybridized carbons (Fsp3) is 0.786. The Hall–Kier alpha value is -0.870. The Morgan fingerprint density at radius 3 is 2.94 bits per heavy atom. The van der Waals surface area contributed by atoms with Crippen LogP contribution in [0.15, 0.2) is 6.20 Å². The molecule has 1 fully saturated rings. The van der Waals surface area contributed by atoms with Crippen molar-refractivity contribution in [3.05, 3.63) is 17.5 Å². The van der Waals surface area contributed by atoms with E-state index in [0.717, 1.165) is 19.4 Å². The van der Waals surface area contributed by atoms with Gasteiger partial charge < -0.3 is 10.4 Å². The van der Waals surface area contributed by atoms with Gasteiger partial charge in [-0.3, -0.25) is 4.68 Å². The number of aryl methyl sites for hydroxylation is 1. The van der Waals surface area contributed by atoms with Gasteiger partial charge in [-0.1, -0.05) is 19.8 Å². The van der Waals surface area contributed by atoms with Crippen molar-refractivity contribution in [1.82, 2.24) is 15.1 Å². The van der Waals surface area contributed by atoms with Crippen molar-refractivity contribution in [1.29, 1.82) is 0 Å². The van der Waals surface area contributed by atoms with E-state index in [2.05, 4.69) is 24.3 Å². The van der Waals surface area contributed by atoms with Crippen molar-refractivity contribution in [2.75, 3.05) is 6.61 Å². The van der Waals surface area contributed by atoms with E-state index < -0.39 is 0 Å². The van der Waals surface area contributed by atoms with Crippen LogP contribution < -0.4 is 5.32 Å². The topological polar surface area (TPSA) is 50.1 Å². The minimum absolute atomic E-state index is 0.0834. The van der Waals surface area contributed by atoms with E-state index in [1.807, 2.05) is 17.9 Å². The van der Waals surface area contributed by atoms with Crippen molar-refractivity contribution in [3.8, 4) is 0 Å². The number of aromatic nitrogens is 2. The van der Waals surface area contributed by atoms with Crippen molar-refractivity contribution in [3.63, 3.8) is 0 Å². The monoisotopic (exact) mass is 251 g/mol. The first-order valence-corrected chi connectivity index (χ1v) is 6.90. The Morgan fingerprint density at radius 2 is 2.39 bits per heavy atom. The number of nitrogens with one attached hydrogen (secondary N) is 1. The molecule has 1 aliphatic rings. The molecule has 0 aliphatic heterocycles. The van der Waals surface area contributed by atoms with E-state index in [4.69, 9.17) is 0 Å². The smallest absolute Gasteiger partial charge is 0.0613 e. The molecule has 0 bridgehead atoms. The normalized spacial score (nSPS) is 28.6. The van der Waals surface area contributed by atoms with E-state index >= 15 is 0 Å². The Kier molecular flexibility index (Phi) is 4.07. The molecular formula is C14H25N3O. The first-order valence-electron chi connectivity index (χ1n) is 6.90. The zero-order chi connectivity index (χ0) is 13.2. The highest BCUT2D eigenvalue weighted by molar-refractivity contribution is 5.16. The molecule has 2 unspecified atom stereocenters. The highest BCUT2D eigenvalue weighted by Gasteiger charge is 2.33. The van der Waals surface area contributed by atoms with Gasteiger partial charge >= 0.3 is 0 Å². The third-order valence-electron chi connectivity index (χ3n) is 4.38. The van der Waals surface area contributed by atoms with Gasteiger partial charge in [-0.15, -0.1) is 0 Å². The van der Waals surface area contributed by atoms with Crippen molar-refractivity contribution >= 4 is 0 Å². The van der Waals surface area contributed by atoms with Crippen LogP contribution in [-0.4, -0.2) is 27.0 Å². The summed E-state index contributed by atoms with van der Waals surface area (Å²) in [5.41, 5.74) is 2.34. The van der Waals surface area contributed by atoms with Crippen LogP contribution in [0.1, 0.15) is 43.9 Å². The maximum atomic E-state index is 9.73. The molecule has 1 heterocycles. The van der Waals surface area contributed by atoms with Crippen LogP contribution in [0.4, 0.5) is 0 Å². The highest BCUT2D eigenvalue weighted by atomic mass is 16.3. The van der Waals surface area contributed by atoms with Gasteiger partial charge in [-0.2, -0.15) is 5.10 Å². The maximum absolute atomic E-state index is 9.73. The molecule has 2 atom stereocenters. The van der Waals surface area contributed by atoms with Gasteiger partial charge in [0, 0.05) is 30.4 Å². The number of nitrogens with zero attached hydrogens (tertiary/aromatic N) is 2. The first kappa shape index (κ1) is 13.6. The molecule has 1 aromatic rings. The Morgan fingerprint density at radius 1 is 1.61 bits per heavy atom. The second-order valence-corrected chi connectivity index (χ2v) is 5.87. The average Bonchev–Trinajstić information content (AvgIpc) is 2.68. The number of hydrogen-bond donors (Lipinski definition) is 2. The summed E-state index contributed by atoms with van der Waals surface area (Å²) in [5.74, 6) is 0.702. The molecule has 0 amide bonds. The second-order valence-electron chi connectivity index (χ2n) is 5.87. The van der Waals surface area contributed by atoms with Gasteiger partial charge in [0.2, 0.25) is 0 Å². The van der Waals surface area contributed by atoms with Gasteiger partial charge in [-0.25, -0.2) is 0 Å². The van der Waals surface area contributed by atoms with Gasteiger partial charge in [0.25, 0.3) is 0 Å². The summed E-state index contributed by atoms with van der Waals surface area (Å²) in [5, 5.41) is 17.6. The average molecular weight is 251 g/mol. The van der Waals surface area contributed by atoms with Crippen LogP contribution in [0.2, 0.25) is 0 Å². The van der Waals surface area contributed by atoms with E-state index in [-0.39, 0.29) is 12.1 Å². The molecule has 0 spiro atoms. The van der Waals surface area contributed by atoms with Gasteiger partial charge in [-0.05, 0) is 25.7 Å². The van der Waals surface area contributed by atoms with Crippen molar-refractivity contribution in [2.45, 2.75) is 51.6 Å². The van der Waals surface area contributed by atoms with E-state index in [1.54, 1.807) is 0 Å². The van der Waals surface area contributed by atoms with Crippen LogP contribution in [-0.2, 0) is 13.6 Å². The van der Waals surface area contributed by atoms with Gasteiger partial charge in [0.15, 0.2) is 0 Å². The zero-order valence-electron chi connectivity index (χ0n) is 11.7. The van der Waals surface area contributed by atoms with Gasteiger partial charge in [0.05, 0.1) is 12.8 Å². The predicted octanol–water partition coefficient (Wildman–Crippen LogP) is 1.76. The molecule has 0 saturated heterocycles. The molecule has 2 N–H and O–H groups in total. The second kappa shape index (κ2) is 5.41. The predicted molar refractivity (Wildman–Crippen MR) is 72.2 cm³/mol. The lowest BCUT2D eigenvalue weighted by molar-refractivity contribution is 0.0982. The lowest BCUT2D eigenvalue weighted by Gasteiger charge is -2.39. The van der Waals surface area contributed by atoms with Crippen molar-refractivity contribution < 1.29 is 5.11 Å². The fourth-order valence-electron chi connectivity index (χ4n) is 3.02. The molecule has 1 aromatic heterocycles. The van der Waals surface area contributed by atoms with Crippen LogP contribution in [0.3, 0.4) is 0 Å². The molecule has 1 aliphatic carbocycles. The summed E-state index contributed by atoms with van der Waals surface area (Å²) in [4.78, 5) is 0. The standard InChI is InChI=1S/C14H25N3O/c1-11-5-4-6-14(7-11,10-18)15-8-13-9-16-17(3)12(13)2/h9,11,15,18H,4-8,10H2,1-3H3. The SMILES string of the molecule is Cc1c(CNC2(CO)CCCC(C)C2)cnn1C. The lowest BCUT2D eigenvalue weighted by Crippen LogP contribution is -2.51. The Labute approximate surface area is 109 Å². The third-order valence-corrected chi connectivity index (χ3v) is 4.38. The molecule has 0 aromatic carbocycles. The molecule has 0 radical (unpaired) electrons. The summed E-state index contributed by atoms with van der Waals surface area (Å²) < 4.78 is 1.89. The van der Waals surface area contributed by atoms with E-state index in [0.29, 0.717) is 5.92 Å². The zero-order valence-corrected chi connectivity index (χ0v) is 11.7. The summed E-state index contributed by atoms with van der Waals surface area (Å²) in [6, 6.07) is 0. The summed E-state index contributed by atoms with van der Waals surface area (Å²) in [6.45, 7) is 5.39. The van der Waals surface area contributed by atoms with Crippen LogP contribution in [0.5, 0.6) is 0 Å². The molecule has 1 saturated carbocycles. The maximum Gasteiger partial charge on any atom is 0.0613 e. The molecule has 4 heteroatoms. The van der Waals surface area contributed by atoms with Crippen molar-refractivity contribution in [2.24, 2.45) is 13.0 Å². The van der Waals surface area contributed by atoms with Gasteiger partial charge in [0.1, 0.15) is 0 Å². The highest BCUT2D eigenvalue weighted by Crippen LogP contribution is 2.32. The van der Waals surface area contributed by atoms with E-state index in [9.17, 15) is 5.11 Å². The largest absolute Gasteiger partial charge is 0.394 e. The number of rotatable bonds is 4. The summed E-state index contributed by atoms with van der Waals surface area (Å²) in [7, 11) is 1.96. The Balaban J connectivity index is 2.00. The third kappa shape index (κ3) is 2.75. The minimum atomic E-state index is -0.0834. The van der Waals surface area contributed by atoms with Crippen LogP contribution in [0.25, 0.3) is 0 Å². The van der Waals surface area contributed by atoms with Crippen LogP contribution in [0, 0.1) is 12.8 Å². The number of aliphatic hydroxyl groups excluding tert-OH is 1. The van der Waals surface area contributed by atoms with Crippen LogP contribution >= 0.6 is 0 Å². The summed E-state index contributed by atoms with van der Waals surface area (Å²) in [6.07, 6.45) is 6.56. The number of aliphatic hydroxyl groups is 1. The Bertz CT molecular complexity index is 402. The van der Waals surface area contributed by atoms with E-state index in [1.165, 1.54) is 24.1 Å². The molecule has 2 rings (SSSR count). The fourth-order valence-corrected chi connectivity index (χ4v) is 3.02. The molecule has 18 heavy (non-hydrogen) atoms. The minimum Gasteiger partial charge on any atom is -0.394 e. The molecule has 102 valence electrons. The first-order chi connectivity index (χ1) is 8.56. The number of hydrogen-bond acceptors (Lipinski definition) is 3. The lowest BCUT2D eigenvalue weighted by atomic mass is 9.77.